The zero-order valence-electron chi connectivity index (χ0n) is 9.58. The van der Waals surface area contributed by atoms with Gasteiger partial charge in [-0.3, -0.25) is 0 Å². The number of nitrogen functional groups attached to an aromatic ring is 1. The van der Waals surface area contributed by atoms with Crippen molar-refractivity contribution in [1.82, 2.24) is 0 Å². The van der Waals surface area contributed by atoms with E-state index in [0.29, 0.717) is 5.69 Å². The number of rotatable bonds is 1. The van der Waals surface area contributed by atoms with Gasteiger partial charge in [-0.15, -0.1) is 0 Å². The van der Waals surface area contributed by atoms with Crippen LogP contribution >= 0.6 is 0 Å². The highest BCUT2D eigenvalue weighted by molar-refractivity contribution is 5.68. The fourth-order valence-electron chi connectivity index (χ4n) is 2.29. The first kappa shape index (κ1) is 11.2. The van der Waals surface area contributed by atoms with E-state index in [9.17, 15) is 4.39 Å². The molecule has 1 saturated heterocycles. The van der Waals surface area contributed by atoms with Crippen molar-refractivity contribution in [3.05, 3.63) is 24.0 Å². The van der Waals surface area contributed by atoms with Gasteiger partial charge in [0, 0.05) is 13.1 Å². The third-order valence-corrected chi connectivity index (χ3v) is 3.23. The van der Waals surface area contributed by atoms with E-state index >= 15 is 0 Å². The highest BCUT2D eigenvalue weighted by Crippen LogP contribution is 2.27. The monoisotopic (exact) mass is 222 g/mol. The lowest BCUT2D eigenvalue weighted by Crippen LogP contribution is -2.27. The normalized spacial score (nSPS) is 17.9. The highest BCUT2D eigenvalue weighted by Gasteiger charge is 2.13. The standard InChI is InChI=1S/C13H19FN2/c14-11-7-6-8-12(13(11)15)16-9-4-2-1-3-5-10-16/h6-8H,1-5,9-10,15H2. The van der Waals surface area contributed by atoms with Crippen LogP contribution in [-0.4, -0.2) is 13.1 Å². The number of anilines is 2. The van der Waals surface area contributed by atoms with Crippen molar-refractivity contribution in [3.63, 3.8) is 0 Å². The molecule has 2 nitrogen and oxygen atoms in total. The summed E-state index contributed by atoms with van der Waals surface area (Å²) in [6.45, 7) is 1.99. The molecule has 1 heterocycles. The van der Waals surface area contributed by atoms with E-state index in [1.807, 2.05) is 6.07 Å². The maximum Gasteiger partial charge on any atom is 0.148 e. The van der Waals surface area contributed by atoms with Crippen molar-refractivity contribution in [2.24, 2.45) is 0 Å². The zero-order chi connectivity index (χ0) is 11.4. The second kappa shape index (κ2) is 5.19. The number of nitrogens with zero attached hydrogens (tertiary/aromatic N) is 1. The average molecular weight is 222 g/mol. The minimum absolute atomic E-state index is 0.295. The van der Waals surface area contributed by atoms with Crippen LogP contribution in [0.5, 0.6) is 0 Å². The second-order valence-corrected chi connectivity index (χ2v) is 4.43. The fraction of sp³-hybridized carbons (Fsp3) is 0.538. The Labute approximate surface area is 96.2 Å². The third-order valence-electron chi connectivity index (χ3n) is 3.23. The van der Waals surface area contributed by atoms with Crippen molar-refractivity contribution >= 4 is 11.4 Å². The first-order valence-corrected chi connectivity index (χ1v) is 6.08. The number of para-hydroxylation sites is 1. The lowest BCUT2D eigenvalue weighted by atomic mass is 10.1. The van der Waals surface area contributed by atoms with E-state index in [-0.39, 0.29) is 5.82 Å². The first-order valence-electron chi connectivity index (χ1n) is 6.08. The van der Waals surface area contributed by atoms with Gasteiger partial charge in [0.25, 0.3) is 0 Å². The van der Waals surface area contributed by atoms with Crippen molar-refractivity contribution in [2.45, 2.75) is 32.1 Å². The van der Waals surface area contributed by atoms with E-state index in [4.69, 9.17) is 5.73 Å². The Morgan fingerprint density at radius 3 is 2.31 bits per heavy atom. The minimum atomic E-state index is -0.306. The molecule has 0 amide bonds. The average Bonchev–Trinajstić information content (AvgIpc) is 2.23. The molecule has 0 spiro atoms. The summed E-state index contributed by atoms with van der Waals surface area (Å²) in [5.74, 6) is -0.306. The fourth-order valence-corrected chi connectivity index (χ4v) is 2.29. The molecule has 0 saturated carbocycles. The summed E-state index contributed by atoms with van der Waals surface area (Å²) in [4.78, 5) is 2.22. The molecule has 1 aromatic carbocycles. The number of halogens is 1. The summed E-state index contributed by atoms with van der Waals surface area (Å²) in [6.07, 6.45) is 6.22. The van der Waals surface area contributed by atoms with Crippen LogP contribution in [0.2, 0.25) is 0 Å². The molecule has 0 aromatic heterocycles. The summed E-state index contributed by atoms with van der Waals surface area (Å²) in [5.41, 5.74) is 6.94. The van der Waals surface area contributed by atoms with Gasteiger partial charge in [0.1, 0.15) is 5.82 Å². The summed E-state index contributed by atoms with van der Waals surface area (Å²) < 4.78 is 13.4. The molecule has 1 aliphatic rings. The number of hydrogen-bond acceptors (Lipinski definition) is 2. The van der Waals surface area contributed by atoms with Gasteiger partial charge in [0.15, 0.2) is 0 Å². The maximum atomic E-state index is 13.4. The van der Waals surface area contributed by atoms with Crippen LogP contribution in [0.3, 0.4) is 0 Å². The topological polar surface area (TPSA) is 29.3 Å². The Hall–Kier alpha value is -1.25. The molecule has 1 aliphatic heterocycles. The number of hydrogen-bond donors (Lipinski definition) is 1. The van der Waals surface area contributed by atoms with Gasteiger partial charge in [-0.05, 0) is 25.0 Å². The molecule has 88 valence electrons. The summed E-state index contributed by atoms with van der Waals surface area (Å²) in [5, 5.41) is 0. The molecule has 2 N–H and O–H groups in total. The zero-order valence-corrected chi connectivity index (χ0v) is 9.58. The van der Waals surface area contributed by atoms with Gasteiger partial charge in [0.2, 0.25) is 0 Å². The molecule has 2 rings (SSSR count). The smallest absolute Gasteiger partial charge is 0.148 e. The van der Waals surface area contributed by atoms with Crippen molar-refractivity contribution < 1.29 is 4.39 Å². The predicted molar refractivity (Wildman–Crippen MR) is 66.1 cm³/mol. The molecule has 0 aliphatic carbocycles. The van der Waals surface area contributed by atoms with E-state index < -0.39 is 0 Å². The van der Waals surface area contributed by atoms with Gasteiger partial charge < -0.3 is 10.6 Å². The molecule has 1 aromatic rings. The van der Waals surface area contributed by atoms with Gasteiger partial charge in [-0.1, -0.05) is 25.3 Å². The van der Waals surface area contributed by atoms with E-state index in [1.165, 1.54) is 38.2 Å². The maximum absolute atomic E-state index is 13.4. The largest absolute Gasteiger partial charge is 0.395 e. The Balaban J connectivity index is 2.17. The van der Waals surface area contributed by atoms with Crippen molar-refractivity contribution in [2.75, 3.05) is 23.7 Å². The highest BCUT2D eigenvalue weighted by atomic mass is 19.1. The lowest BCUT2D eigenvalue weighted by Gasteiger charge is -2.28. The molecule has 1 fully saturated rings. The van der Waals surface area contributed by atoms with Crippen LogP contribution in [-0.2, 0) is 0 Å². The lowest BCUT2D eigenvalue weighted by molar-refractivity contribution is 0.555. The molecule has 0 unspecified atom stereocenters. The van der Waals surface area contributed by atoms with E-state index in [2.05, 4.69) is 4.90 Å². The summed E-state index contributed by atoms with van der Waals surface area (Å²) >= 11 is 0. The molecule has 0 radical (unpaired) electrons. The van der Waals surface area contributed by atoms with Crippen LogP contribution in [0.15, 0.2) is 18.2 Å². The number of benzene rings is 1. The van der Waals surface area contributed by atoms with Crippen LogP contribution in [0.1, 0.15) is 32.1 Å². The van der Waals surface area contributed by atoms with E-state index in [0.717, 1.165) is 18.8 Å². The Morgan fingerprint density at radius 1 is 1.00 bits per heavy atom. The van der Waals surface area contributed by atoms with Crippen LogP contribution in [0, 0.1) is 5.82 Å². The van der Waals surface area contributed by atoms with Gasteiger partial charge in [-0.25, -0.2) is 4.39 Å². The molecule has 16 heavy (non-hydrogen) atoms. The third kappa shape index (κ3) is 2.46. The van der Waals surface area contributed by atoms with E-state index in [1.54, 1.807) is 6.07 Å². The Morgan fingerprint density at radius 2 is 1.62 bits per heavy atom. The summed E-state index contributed by atoms with van der Waals surface area (Å²) in [7, 11) is 0. The molecule has 0 atom stereocenters. The van der Waals surface area contributed by atoms with Crippen molar-refractivity contribution in [3.8, 4) is 0 Å². The Kier molecular flexibility index (Phi) is 3.65. The van der Waals surface area contributed by atoms with Gasteiger partial charge >= 0.3 is 0 Å². The first-order chi connectivity index (χ1) is 7.79. The number of nitrogens with two attached hydrogens (primary N) is 1. The quantitative estimate of drug-likeness (QED) is 0.739. The molecule has 3 heteroatoms. The van der Waals surface area contributed by atoms with Crippen LogP contribution in [0.4, 0.5) is 15.8 Å². The molecular formula is C13H19FN2. The minimum Gasteiger partial charge on any atom is -0.395 e. The molecular weight excluding hydrogens is 203 g/mol. The molecule has 0 bridgehead atoms. The second-order valence-electron chi connectivity index (χ2n) is 4.43. The SMILES string of the molecule is Nc1c(F)cccc1N1CCCCCCC1. The van der Waals surface area contributed by atoms with Crippen LogP contribution < -0.4 is 10.6 Å². The van der Waals surface area contributed by atoms with Crippen molar-refractivity contribution in [1.29, 1.82) is 0 Å². The van der Waals surface area contributed by atoms with Crippen LogP contribution in [0.25, 0.3) is 0 Å². The van der Waals surface area contributed by atoms with Gasteiger partial charge in [0.05, 0.1) is 11.4 Å². The predicted octanol–water partition coefficient (Wildman–Crippen LogP) is 3.18. The Bertz CT molecular complexity index is 344. The summed E-state index contributed by atoms with van der Waals surface area (Å²) in [6, 6.07) is 5.07. The van der Waals surface area contributed by atoms with Gasteiger partial charge in [-0.2, -0.15) is 0 Å².